The Labute approximate surface area is 189 Å². The molecule has 0 aromatic heterocycles. The third kappa shape index (κ3) is 5.39. The number of rotatable bonds is 5. The molecule has 2 aliphatic rings. The lowest BCUT2D eigenvalue weighted by atomic mass is 10.2. The van der Waals surface area contributed by atoms with E-state index < -0.39 is 6.29 Å². The van der Waals surface area contributed by atoms with Gasteiger partial charge < -0.3 is 25.4 Å². The van der Waals surface area contributed by atoms with Crippen LogP contribution in [-0.4, -0.2) is 56.0 Å². The standard InChI is InChI=1S/C22H28N6O2.ClH/c1-3-30-19-9-7-17(8-10-19)24-21-25-20(23)26-22(27-11-13-29-14-12-27)28(21)18-6-4-5-16(2)15-18;/h4-10,15,21,24H,3,11-14H2,1-2H3,(H2,23,25);1H. The van der Waals surface area contributed by atoms with Crippen molar-refractivity contribution >= 4 is 35.7 Å². The van der Waals surface area contributed by atoms with E-state index in [-0.39, 0.29) is 18.4 Å². The van der Waals surface area contributed by atoms with Crippen molar-refractivity contribution in [1.29, 1.82) is 0 Å². The Morgan fingerprint density at radius 2 is 1.90 bits per heavy atom. The van der Waals surface area contributed by atoms with Gasteiger partial charge >= 0.3 is 0 Å². The number of nitrogens with two attached hydrogens (primary N) is 1. The smallest absolute Gasteiger partial charge is 0.222 e. The number of ether oxygens (including phenoxy) is 2. The molecule has 1 unspecified atom stereocenters. The Kier molecular flexibility index (Phi) is 7.59. The first-order valence-corrected chi connectivity index (χ1v) is 10.2. The van der Waals surface area contributed by atoms with E-state index in [2.05, 4.69) is 50.2 Å². The first-order valence-electron chi connectivity index (χ1n) is 10.2. The normalized spacial score (nSPS) is 18.6. The zero-order valence-electron chi connectivity index (χ0n) is 17.8. The van der Waals surface area contributed by atoms with Crippen LogP contribution in [-0.2, 0) is 4.74 Å². The SMILES string of the molecule is CCOc1ccc(NC2N=C(N)N=C(N3CCOCC3)N2c2cccc(C)c2)cc1.Cl. The maximum Gasteiger partial charge on any atom is 0.222 e. The van der Waals surface area contributed by atoms with Crippen molar-refractivity contribution in [3.8, 4) is 5.75 Å². The molecule has 2 heterocycles. The fourth-order valence-corrected chi connectivity index (χ4v) is 3.56. The number of halogens is 1. The summed E-state index contributed by atoms with van der Waals surface area (Å²) < 4.78 is 11.1. The number of aliphatic imine (C=N–C) groups is 2. The first kappa shape index (κ1) is 22.7. The maximum atomic E-state index is 6.13. The number of hydrogen-bond acceptors (Lipinski definition) is 8. The molecule has 0 aliphatic carbocycles. The lowest BCUT2D eigenvalue weighted by molar-refractivity contribution is 0.0671. The molecule has 1 saturated heterocycles. The fourth-order valence-electron chi connectivity index (χ4n) is 3.56. The molecule has 0 amide bonds. The number of guanidine groups is 2. The predicted octanol–water partition coefficient (Wildman–Crippen LogP) is 3.03. The van der Waals surface area contributed by atoms with Crippen LogP contribution >= 0.6 is 12.4 Å². The van der Waals surface area contributed by atoms with E-state index >= 15 is 0 Å². The molecule has 166 valence electrons. The number of nitrogens with zero attached hydrogens (tertiary/aromatic N) is 4. The van der Waals surface area contributed by atoms with Crippen molar-refractivity contribution in [2.75, 3.05) is 43.1 Å². The molecule has 0 saturated carbocycles. The average Bonchev–Trinajstić information content (AvgIpc) is 2.75. The van der Waals surface area contributed by atoms with E-state index in [4.69, 9.17) is 15.2 Å². The third-order valence-corrected chi connectivity index (χ3v) is 4.96. The molecule has 0 bridgehead atoms. The summed E-state index contributed by atoms with van der Waals surface area (Å²) in [6.45, 7) is 7.51. The van der Waals surface area contributed by atoms with Gasteiger partial charge in [-0.2, -0.15) is 4.99 Å². The van der Waals surface area contributed by atoms with Gasteiger partial charge in [-0.3, -0.25) is 4.90 Å². The molecular formula is C22H29ClN6O2. The van der Waals surface area contributed by atoms with Crippen LogP contribution in [0.4, 0.5) is 11.4 Å². The zero-order chi connectivity index (χ0) is 20.9. The van der Waals surface area contributed by atoms with Crippen molar-refractivity contribution in [3.63, 3.8) is 0 Å². The molecule has 0 spiro atoms. The highest BCUT2D eigenvalue weighted by Crippen LogP contribution is 2.26. The van der Waals surface area contributed by atoms with E-state index in [0.29, 0.717) is 19.8 Å². The van der Waals surface area contributed by atoms with Gasteiger partial charge in [0.25, 0.3) is 0 Å². The Balaban J connectivity index is 0.00000272. The van der Waals surface area contributed by atoms with Crippen LogP contribution in [0.1, 0.15) is 12.5 Å². The van der Waals surface area contributed by atoms with E-state index in [1.54, 1.807) is 0 Å². The molecule has 3 N–H and O–H groups in total. The first-order chi connectivity index (χ1) is 14.6. The van der Waals surface area contributed by atoms with Gasteiger partial charge in [-0.25, -0.2) is 4.99 Å². The van der Waals surface area contributed by atoms with E-state index in [0.717, 1.165) is 41.7 Å². The number of anilines is 2. The second kappa shape index (κ2) is 10.4. The summed E-state index contributed by atoms with van der Waals surface area (Å²) in [5.41, 5.74) is 9.21. The third-order valence-electron chi connectivity index (χ3n) is 4.96. The molecule has 4 rings (SSSR count). The molecular weight excluding hydrogens is 416 g/mol. The number of aryl methyl sites for hydroxylation is 1. The summed E-state index contributed by atoms with van der Waals surface area (Å²) in [5.74, 6) is 1.87. The number of morpholine rings is 1. The van der Waals surface area contributed by atoms with Gasteiger partial charge in [0.1, 0.15) is 5.75 Å². The maximum absolute atomic E-state index is 6.13. The van der Waals surface area contributed by atoms with E-state index in [1.807, 2.05) is 37.3 Å². The monoisotopic (exact) mass is 444 g/mol. The van der Waals surface area contributed by atoms with Gasteiger partial charge in [0.2, 0.25) is 18.2 Å². The minimum atomic E-state index is -0.430. The van der Waals surface area contributed by atoms with Gasteiger partial charge in [0.15, 0.2) is 0 Å². The van der Waals surface area contributed by atoms with Crippen molar-refractivity contribution < 1.29 is 9.47 Å². The van der Waals surface area contributed by atoms with Crippen LogP contribution in [0.5, 0.6) is 5.75 Å². The molecule has 2 aromatic rings. The van der Waals surface area contributed by atoms with E-state index in [9.17, 15) is 0 Å². The van der Waals surface area contributed by atoms with Gasteiger partial charge in [0, 0.05) is 24.5 Å². The number of hydrogen-bond donors (Lipinski definition) is 2. The molecule has 0 radical (unpaired) electrons. The molecule has 1 fully saturated rings. The largest absolute Gasteiger partial charge is 0.494 e. The van der Waals surface area contributed by atoms with Crippen LogP contribution in [0.3, 0.4) is 0 Å². The Morgan fingerprint density at radius 1 is 1.16 bits per heavy atom. The summed E-state index contributed by atoms with van der Waals surface area (Å²) >= 11 is 0. The minimum Gasteiger partial charge on any atom is -0.494 e. The summed E-state index contributed by atoms with van der Waals surface area (Å²) in [7, 11) is 0. The second-order valence-corrected chi connectivity index (χ2v) is 7.18. The summed E-state index contributed by atoms with van der Waals surface area (Å²) in [4.78, 5) is 13.5. The Hall–Kier alpha value is -2.97. The molecule has 1 atom stereocenters. The topological polar surface area (TPSA) is 87.7 Å². The second-order valence-electron chi connectivity index (χ2n) is 7.18. The molecule has 2 aliphatic heterocycles. The summed E-state index contributed by atoms with van der Waals surface area (Å²) in [5, 5.41) is 3.48. The van der Waals surface area contributed by atoms with Gasteiger partial charge in [-0.05, 0) is 55.8 Å². The predicted molar refractivity (Wildman–Crippen MR) is 127 cm³/mol. The van der Waals surface area contributed by atoms with Gasteiger partial charge in [-0.15, -0.1) is 12.4 Å². The summed E-state index contributed by atoms with van der Waals surface area (Å²) in [6, 6.07) is 16.1. The zero-order valence-corrected chi connectivity index (χ0v) is 18.6. The Morgan fingerprint density at radius 3 is 2.58 bits per heavy atom. The lowest BCUT2D eigenvalue weighted by Crippen LogP contribution is -2.57. The van der Waals surface area contributed by atoms with Gasteiger partial charge in [-0.1, -0.05) is 12.1 Å². The molecule has 31 heavy (non-hydrogen) atoms. The van der Waals surface area contributed by atoms with Crippen molar-refractivity contribution in [2.24, 2.45) is 15.7 Å². The average molecular weight is 445 g/mol. The molecule has 9 heteroatoms. The van der Waals surface area contributed by atoms with Crippen LogP contribution < -0.4 is 20.7 Å². The van der Waals surface area contributed by atoms with Crippen LogP contribution in [0, 0.1) is 6.92 Å². The Bertz CT molecular complexity index is 928. The van der Waals surface area contributed by atoms with Crippen molar-refractivity contribution in [2.45, 2.75) is 20.1 Å². The van der Waals surface area contributed by atoms with Crippen LogP contribution in [0.15, 0.2) is 58.5 Å². The van der Waals surface area contributed by atoms with Crippen molar-refractivity contribution in [1.82, 2.24) is 4.90 Å². The number of nitrogens with one attached hydrogen (secondary N) is 1. The molecule has 2 aromatic carbocycles. The molecule has 8 nitrogen and oxygen atoms in total. The van der Waals surface area contributed by atoms with E-state index in [1.165, 1.54) is 0 Å². The fraction of sp³-hybridized carbons (Fsp3) is 0.364. The van der Waals surface area contributed by atoms with Gasteiger partial charge in [0.05, 0.1) is 19.8 Å². The highest BCUT2D eigenvalue weighted by Gasteiger charge is 2.32. The lowest BCUT2D eigenvalue weighted by Gasteiger charge is -2.41. The highest BCUT2D eigenvalue weighted by molar-refractivity contribution is 6.06. The van der Waals surface area contributed by atoms with Crippen molar-refractivity contribution in [3.05, 3.63) is 54.1 Å². The summed E-state index contributed by atoms with van der Waals surface area (Å²) in [6.07, 6.45) is -0.430. The number of benzene rings is 2. The quantitative estimate of drug-likeness (QED) is 0.737. The van der Waals surface area contributed by atoms with Crippen LogP contribution in [0.25, 0.3) is 0 Å². The van der Waals surface area contributed by atoms with Crippen LogP contribution in [0.2, 0.25) is 0 Å². The highest BCUT2D eigenvalue weighted by atomic mass is 35.5. The minimum absolute atomic E-state index is 0.